The number of rotatable bonds is 4. The Bertz CT molecular complexity index is 419. The molecule has 0 aliphatic carbocycles. The van der Waals surface area contributed by atoms with Crippen LogP contribution in [0, 0.1) is 0 Å². The van der Waals surface area contributed by atoms with Crippen LogP contribution in [0.5, 0.6) is 0 Å². The number of likely N-dealkylation sites (N-methyl/N-ethyl adjacent to an activating group) is 1. The van der Waals surface area contributed by atoms with E-state index in [-0.39, 0.29) is 5.91 Å². The quantitative estimate of drug-likeness (QED) is 0.848. The summed E-state index contributed by atoms with van der Waals surface area (Å²) in [5.41, 5.74) is 1.58. The van der Waals surface area contributed by atoms with Crippen LogP contribution in [0.1, 0.15) is 23.2 Å². The van der Waals surface area contributed by atoms with Crippen LogP contribution >= 0.6 is 0 Å². The third-order valence-corrected chi connectivity index (χ3v) is 3.61. The number of benzene rings is 1. The lowest BCUT2D eigenvalue weighted by Crippen LogP contribution is -2.38. The van der Waals surface area contributed by atoms with E-state index in [0.29, 0.717) is 11.6 Å². The highest BCUT2D eigenvalue weighted by Gasteiger charge is 2.21. The summed E-state index contributed by atoms with van der Waals surface area (Å²) in [6, 6.07) is 8.05. The average Bonchev–Trinajstić information content (AvgIpc) is 2.81. The first kappa shape index (κ1) is 12.9. The Morgan fingerprint density at radius 2 is 2.22 bits per heavy atom. The van der Waals surface area contributed by atoms with Crippen molar-refractivity contribution in [3.8, 4) is 0 Å². The molecule has 0 radical (unpaired) electrons. The summed E-state index contributed by atoms with van der Waals surface area (Å²) in [5, 5.41) is 6.07. The Labute approximate surface area is 108 Å². The second kappa shape index (κ2) is 5.87. The summed E-state index contributed by atoms with van der Waals surface area (Å²) in [7, 11) is 3.95. The van der Waals surface area contributed by atoms with Crippen molar-refractivity contribution >= 4 is 11.6 Å². The van der Waals surface area contributed by atoms with Gasteiger partial charge in [-0.25, -0.2) is 0 Å². The van der Waals surface area contributed by atoms with E-state index in [0.717, 1.165) is 18.8 Å². The van der Waals surface area contributed by atoms with Crippen molar-refractivity contribution in [1.82, 2.24) is 10.2 Å². The molecule has 1 aromatic carbocycles. The van der Waals surface area contributed by atoms with Gasteiger partial charge in [-0.3, -0.25) is 4.79 Å². The molecule has 98 valence electrons. The van der Waals surface area contributed by atoms with E-state index in [1.807, 2.05) is 31.3 Å². The van der Waals surface area contributed by atoms with Crippen LogP contribution < -0.4 is 10.6 Å². The van der Waals surface area contributed by atoms with E-state index in [4.69, 9.17) is 0 Å². The largest absolute Gasteiger partial charge is 0.387 e. The number of nitrogens with one attached hydrogen (secondary N) is 2. The molecular weight excluding hydrogens is 226 g/mol. The highest BCUT2D eigenvalue weighted by molar-refractivity contribution is 5.99. The van der Waals surface area contributed by atoms with Gasteiger partial charge in [0.05, 0.1) is 5.56 Å². The average molecular weight is 247 g/mol. The second-order valence-electron chi connectivity index (χ2n) is 4.78. The van der Waals surface area contributed by atoms with Gasteiger partial charge in [-0.05, 0) is 38.6 Å². The van der Waals surface area contributed by atoms with Gasteiger partial charge in [0, 0.05) is 25.3 Å². The fourth-order valence-electron chi connectivity index (χ4n) is 2.44. The van der Waals surface area contributed by atoms with Crippen molar-refractivity contribution in [3.05, 3.63) is 29.8 Å². The van der Waals surface area contributed by atoms with Crippen LogP contribution in [-0.4, -0.2) is 44.0 Å². The van der Waals surface area contributed by atoms with Gasteiger partial charge in [-0.2, -0.15) is 0 Å². The molecule has 1 atom stereocenters. The number of hydrogen-bond donors (Lipinski definition) is 2. The van der Waals surface area contributed by atoms with E-state index in [1.165, 1.54) is 12.8 Å². The predicted octanol–water partition coefficient (Wildman–Crippen LogP) is 1.55. The van der Waals surface area contributed by atoms with Crippen LogP contribution in [0.3, 0.4) is 0 Å². The predicted molar refractivity (Wildman–Crippen MR) is 74.0 cm³/mol. The summed E-state index contributed by atoms with van der Waals surface area (Å²) in [6.45, 7) is 1.86. The molecule has 1 aliphatic heterocycles. The first-order valence-electron chi connectivity index (χ1n) is 6.47. The summed E-state index contributed by atoms with van der Waals surface area (Å²) in [5.74, 6) is 0.000231. The van der Waals surface area contributed by atoms with Crippen molar-refractivity contribution in [3.63, 3.8) is 0 Å². The minimum absolute atomic E-state index is 0.000231. The Kier molecular flexibility index (Phi) is 4.20. The summed E-state index contributed by atoms with van der Waals surface area (Å²) < 4.78 is 0. The van der Waals surface area contributed by atoms with Gasteiger partial charge in [0.15, 0.2) is 0 Å². The smallest absolute Gasteiger partial charge is 0.253 e. The maximum absolute atomic E-state index is 12.1. The number of nitrogens with zero attached hydrogens (tertiary/aromatic N) is 1. The molecule has 1 fully saturated rings. The van der Waals surface area contributed by atoms with E-state index >= 15 is 0 Å². The molecule has 0 bridgehead atoms. The lowest BCUT2D eigenvalue weighted by molar-refractivity contribution is 0.0944. The molecule has 0 spiro atoms. The SMILES string of the molecule is CNc1ccccc1C(=O)NCC1CCCN1C. The molecule has 1 heterocycles. The van der Waals surface area contributed by atoms with Gasteiger partial charge in [-0.15, -0.1) is 0 Å². The minimum Gasteiger partial charge on any atom is -0.387 e. The molecule has 1 saturated heterocycles. The fourth-order valence-corrected chi connectivity index (χ4v) is 2.44. The van der Waals surface area contributed by atoms with Gasteiger partial charge < -0.3 is 15.5 Å². The van der Waals surface area contributed by atoms with Crippen molar-refractivity contribution in [2.24, 2.45) is 0 Å². The van der Waals surface area contributed by atoms with Crippen molar-refractivity contribution in [2.45, 2.75) is 18.9 Å². The van der Waals surface area contributed by atoms with E-state index in [9.17, 15) is 4.79 Å². The zero-order valence-electron chi connectivity index (χ0n) is 11.1. The molecule has 18 heavy (non-hydrogen) atoms. The molecule has 2 rings (SSSR count). The van der Waals surface area contributed by atoms with Crippen LogP contribution in [0.4, 0.5) is 5.69 Å². The van der Waals surface area contributed by atoms with Crippen LogP contribution in [0.25, 0.3) is 0 Å². The first-order chi connectivity index (χ1) is 8.72. The molecule has 4 heteroatoms. The minimum atomic E-state index is 0.000231. The van der Waals surface area contributed by atoms with Gasteiger partial charge >= 0.3 is 0 Å². The number of carbonyl (C=O) groups is 1. The zero-order chi connectivity index (χ0) is 13.0. The number of hydrogen-bond acceptors (Lipinski definition) is 3. The number of anilines is 1. The number of para-hydroxylation sites is 1. The third kappa shape index (κ3) is 2.82. The molecule has 1 aliphatic rings. The Hall–Kier alpha value is -1.55. The zero-order valence-corrected chi connectivity index (χ0v) is 11.1. The number of likely N-dealkylation sites (tertiary alicyclic amines) is 1. The van der Waals surface area contributed by atoms with E-state index < -0.39 is 0 Å². The molecule has 1 amide bonds. The third-order valence-electron chi connectivity index (χ3n) is 3.61. The first-order valence-corrected chi connectivity index (χ1v) is 6.47. The Morgan fingerprint density at radius 3 is 2.89 bits per heavy atom. The molecule has 2 N–H and O–H groups in total. The lowest BCUT2D eigenvalue weighted by Gasteiger charge is -2.20. The van der Waals surface area contributed by atoms with Crippen LogP contribution in [0.15, 0.2) is 24.3 Å². The summed E-state index contributed by atoms with van der Waals surface area (Å²) in [6.07, 6.45) is 2.40. The maximum Gasteiger partial charge on any atom is 0.253 e. The molecular formula is C14H21N3O. The Morgan fingerprint density at radius 1 is 1.44 bits per heavy atom. The lowest BCUT2D eigenvalue weighted by atomic mass is 10.1. The maximum atomic E-state index is 12.1. The van der Waals surface area contributed by atoms with E-state index in [1.54, 1.807) is 0 Å². The normalized spacial score (nSPS) is 19.8. The topological polar surface area (TPSA) is 44.4 Å². The van der Waals surface area contributed by atoms with Gasteiger partial charge in [-0.1, -0.05) is 12.1 Å². The molecule has 1 aromatic rings. The Balaban J connectivity index is 1.95. The highest BCUT2D eigenvalue weighted by atomic mass is 16.1. The standard InChI is InChI=1S/C14H21N3O/c1-15-13-8-4-3-7-12(13)14(18)16-10-11-6-5-9-17(11)2/h3-4,7-8,11,15H,5-6,9-10H2,1-2H3,(H,16,18). The molecule has 4 nitrogen and oxygen atoms in total. The van der Waals surface area contributed by atoms with Gasteiger partial charge in [0.1, 0.15) is 0 Å². The summed E-state index contributed by atoms with van der Waals surface area (Å²) >= 11 is 0. The molecule has 0 saturated carbocycles. The van der Waals surface area contributed by atoms with E-state index in [2.05, 4.69) is 22.6 Å². The molecule has 0 aromatic heterocycles. The van der Waals surface area contributed by atoms with Gasteiger partial charge in [0.25, 0.3) is 5.91 Å². The summed E-state index contributed by atoms with van der Waals surface area (Å²) in [4.78, 5) is 14.4. The highest BCUT2D eigenvalue weighted by Crippen LogP contribution is 2.16. The van der Waals surface area contributed by atoms with Crippen LogP contribution in [0.2, 0.25) is 0 Å². The van der Waals surface area contributed by atoms with Gasteiger partial charge in [0.2, 0.25) is 0 Å². The van der Waals surface area contributed by atoms with Crippen molar-refractivity contribution in [1.29, 1.82) is 0 Å². The number of amides is 1. The van der Waals surface area contributed by atoms with Crippen molar-refractivity contribution in [2.75, 3.05) is 32.5 Å². The van der Waals surface area contributed by atoms with Crippen molar-refractivity contribution < 1.29 is 4.79 Å². The monoisotopic (exact) mass is 247 g/mol. The van der Waals surface area contributed by atoms with Crippen LogP contribution in [-0.2, 0) is 0 Å². The number of carbonyl (C=O) groups excluding carboxylic acids is 1. The second-order valence-corrected chi connectivity index (χ2v) is 4.78. The fraction of sp³-hybridized carbons (Fsp3) is 0.500. The molecule has 1 unspecified atom stereocenters.